The highest BCUT2D eigenvalue weighted by Crippen LogP contribution is 2.05. The zero-order valence-electron chi connectivity index (χ0n) is 7.26. The molecule has 5 nitrogen and oxygen atoms in total. The van der Waals surface area contributed by atoms with Crippen LogP contribution in [0.1, 0.15) is 5.69 Å². The van der Waals surface area contributed by atoms with Crippen molar-refractivity contribution < 1.29 is 0 Å². The van der Waals surface area contributed by atoms with Crippen molar-refractivity contribution >= 4 is 22.6 Å². The molecule has 0 saturated carbocycles. The van der Waals surface area contributed by atoms with E-state index in [0.717, 1.165) is 9.26 Å². The minimum atomic E-state index is 0.411. The second kappa shape index (κ2) is 4.01. The molecule has 0 spiro atoms. The molecular formula is C8H8IN5. The Bertz CT molecular complexity index is 439. The fourth-order valence-electron chi connectivity index (χ4n) is 1.02. The van der Waals surface area contributed by atoms with Crippen LogP contribution in [-0.2, 0) is 6.54 Å². The van der Waals surface area contributed by atoms with Gasteiger partial charge in [0, 0.05) is 18.9 Å². The lowest BCUT2D eigenvalue weighted by atomic mass is 10.4. The summed E-state index contributed by atoms with van der Waals surface area (Å²) >= 11 is 2.18. The molecule has 14 heavy (non-hydrogen) atoms. The number of nitrogens with two attached hydrogens (primary N) is 1. The van der Waals surface area contributed by atoms with E-state index in [1.54, 1.807) is 23.1 Å². The number of halogens is 1. The van der Waals surface area contributed by atoms with Gasteiger partial charge in [-0.15, -0.1) is 0 Å². The molecule has 0 atom stereocenters. The number of hydrogen-bond donors (Lipinski definition) is 1. The Kier molecular flexibility index (Phi) is 2.73. The molecule has 0 bridgehead atoms. The van der Waals surface area contributed by atoms with Gasteiger partial charge in [0.2, 0.25) is 0 Å². The van der Waals surface area contributed by atoms with E-state index in [-0.39, 0.29) is 0 Å². The fraction of sp³-hybridized carbons (Fsp3) is 0.125. The SMILES string of the molecule is NCc1ccnc(-n2cc(I)cn2)n1. The molecule has 72 valence electrons. The van der Waals surface area contributed by atoms with Gasteiger partial charge < -0.3 is 5.73 Å². The number of nitrogens with zero attached hydrogens (tertiary/aromatic N) is 4. The summed E-state index contributed by atoms with van der Waals surface area (Å²) in [4.78, 5) is 8.34. The Morgan fingerprint density at radius 2 is 2.36 bits per heavy atom. The van der Waals surface area contributed by atoms with E-state index in [0.29, 0.717) is 12.5 Å². The van der Waals surface area contributed by atoms with Crippen molar-refractivity contribution in [2.75, 3.05) is 0 Å². The largest absolute Gasteiger partial charge is 0.325 e. The third-order valence-electron chi connectivity index (χ3n) is 1.67. The van der Waals surface area contributed by atoms with Crippen LogP contribution in [0.2, 0.25) is 0 Å². The van der Waals surface area contributed by atoms with E-state index in [9.17, 15) is 0 Å². The number of hydrogen-bond acceptors (Lipinski definition) is 4. The Morgan fingerprint density at radius 3 is 3.00 bits per heavy atom. The highest BCUT2D eigenvalue weighted by molar-refractivity contribution is 14.1. The van der Waals surface area contributed by atoms with E-state index >= 15 is 0 Å². The third kappa shape index (κ3) is 1.90. The van der Waals surface area contributed by atoms with Crippen LogP contribution < -0.4 is 5.73 Å². The Balaban J connectivity index is 2.41. The zero-order valence-corrected chi connectivity index (χ0v) is 9.42. The van der Waals surface area contributed by atoms with Crippen LogP contribution in [0.25, 0.3) is 5.95 Å². The van der Waals surface area contributed by atoms with E-state index in [1.807, 2.05) is 6.20 Å². The predicted octanol–water partition coefficient (Wildman–Crippen LogP) is 0.726. The molecule has 2 heterocycles. The van der Waals surface area contributed by atoms with Gasteiger partial charge in [-0.25, -0.2) is 14.6 Å². The van der Waals surface area contributed by atoms with Crippen molar-refractivity contribution in [3.05, 3.63) is 33.9 Å². The van der Waals surface area contributed by atoms with E-state index in [2.05, 4.69) is 37.7 Å². The summed E-state index contributed by atoms with van der Waals surface area (Å²) in [6.45, 7) is 0.411. The summed E-state index contributed by atoms with van der Waals surface area (Å²) in [6, 6.07) is 1.79. The monoisotopic (exact) mass is 301 g/mol. The van der Waals surface area contributed by atoms with Crippen LogP contribution in [-0.4, -0.2) is 19.7 Å². The minimum Gasteiger partial charge on any atom is -0.325 e. The van der Waals surface area contributed by atoms with Gasteiger partial charge in [-0.3, -0.25) is 0 Å². The van der Waals surface area contributed by atoms with Crippen molar-refractivity contribution in [2.24, 2.45) is 5.73 Å². The zero-order chi connectivity index (χ0) is 9.97. The first-order valence-corrected chi connectivity index (χ1v) is 5.10. The standard InChI is InChI=1S/C8H8IN5/c9-6-4-12-14(5-6)8-11-2-1-7(3-10)13-8/h1-2,4-5H,3,10H2. The van der Waals surface area contributed by atoms with Gasteiger partial charge in [0.15, 0.2) is 0 Å². The molecule has 0 aliphatic heterocycles. The van der Waals surface area contributed by atoms with E-state index < -0.39 is 0 Å². The molecule has 0 aliphatic carbocycles. The van der Waals surface area contributed by atoms with Gasteiger partial charge in [-0.05, 0) is 28.7 Å². The highest BCUT2D eigenvalue weighted by atomic mass is 127. The molecule has 2 aromatic rings. The lowest BCUT2D eigenvalue weighted by molar-refractivity contribution is 0.790. The summed E-state index contributed by atoms with van der Waals surface area (Å²) < 4.78 is 2.67. The van der Waals surface area contributed by atoms with E-state index in [4.69, 9.17) is 5.73 Å². The molecule has 0 radical (unpaired) electrons. The summed E-state index contributed by atoms with van der Waals surface area (Å²) in [6.07, 6.45) is 5.29. The van der Waals surface area contributed by atoms with Crippen LogP contribution in [0, 0.1) is 3.57 Å². The first kappa shape index (κ1) is 9.53. The normalized spacial score (nSPS) is 10.4. The van der Waals surface area contributed by atoms with Crippen molar-refractivity contribution in [3.8, 4) is 5.95 Å². The molecule has 2 N–H and O–H groups in total. The third-order valence-corrected chi connectivity index (χ3v) is 2.22. The van der Waals surface area contributed by atoms with Gasteiger partial charge in [-0.1, -0.05) is 0 Å². The second-order valence-electron chi connectivity index (χ2n) is 2.66. The topological polar surface area (TPSA) is 69.6 Å². The smallest absolute Gasteiger partial charge is 0.250 e. The number of aromatic nitrogens is 4. The number of rotatable bonds is 2. The van der Waals surface area contributed by atoms with E-state index in [1.165, 1.54) is 0 Å². The quantitative estimate of drug-likeness (QED) is 0.830. The summed E-state index contributed by atoms with van der Waals surface area (Å²) in [5.74, 6) is 0.552. The molecule has 6 heteroatoms. The molecule has 2 aromatic heterocycles. The molecule has 0 aliphatic rings. The van der Waals surface area contributed by atoms with Gasteiger partial charge in [-0.2, -0.15) is 5.10 Å². The van der Waals surface area contributed by atoms with Crippen LogP contribution in [0.3, 0.4) is 0 Å². The Labute approximate surface area is 94.5 Å². The molecule has 0 unspecified atom stereocenters. The van der Waals surface area contributed by atoms with Crippen LogP contribution in [0.4, 0.5) is 0 Å². The van der Waals surface area contributed by atoms with Crippen molar-refractivity contribution in [1.29, 1.82) is 0 Å². The van der Waals surface area contributed by atoms with Crippen molar-refractivity contribution in [1.82, 2.24) is 19.7 Å². The fourth-order valence-corrected chi connectivity index (χ4v) is 1.41. The Morgan fingerprint density at radius 1 is 1.50 bits per heavy atom. The molecule has 0 saturated heterocycles. The molecule has 0 amide bonds. The maximum atomic E-state index is 5.48. The molecular weight excluding hydrogens is 293 g/mol. The average Bonchev–Trinajstić information content (AvgIpc) is 2.65. The van der Waals surface area contributed by atoms with Crippen molar-refractivity contribution in [3.63, 3.8) is 0 Å². The molecule has 2 rings (SSSR count). The average molecular weight is 301 g/mol. The van der Waals surface area contributed by atoms with Gasteiger partial charge in [0.25, 0.3) is 5.95 Å². The Hall–Kier alpha value is -1.02. The maximum Gasteiger partial charge on any atom is 0.250 e. The van der Waals surface area contributed by atoms with Crippen molar-refractivity contribution in [2.45, 2.75) is 6.54 Å². The second-order valence-corrected chi connectivity index (χ2v) is 3.90. The van der Waals surface area contributed by atoms with Crippen LogP contribution >= 0.6 is 22.6 Å². The predicted molar refractivity (Wildman–Crippen MR) is 59.8 cm³/mol. The molecule has 0 aromatic carbocycles. The highest BCUT2D eigenvalue weighted by Gasteiger charge is 2.02. The van der Waals surface area contributed by atoms with Gasteiger partial charge >= 0.3 is 0 Å². The van der Waals surface area contributed by atoms with Crippen LogP contribution in [0.5, 0.6) is 0 Å². The van der Waals surface area contributed by atoms with Gasteiger partial charge in [0.05, 0.1) is 15.5 Å². The first-order chi connectivity index (χ1) is 6.79. The summed E-state index contributed by atoms with van der Waals surface area (Å²) in [5, 5.41) is 4.10. The summed E-state index contributed by atoms with van der Waals surface area (Å²) in [5.41, 5.74) is 6.29. The lowest BCUT2D eigenvalue weighted by Gasteiger charge is -2.00. The summed E-state index contributed by atoms with van der Waals surface area (Å²) in [7, 11) is 0. The minimum absolute atomic E-state index is 0.411. The van der Waals surface area contributed by atoms with Gasteiger partial charge in [0.1, 0.15) is 0 Å². The maximum absolute atomic E-state index is 5.48. The lowest BCUT2D eigenvalue weighted by Crippen LogP contribution is -2.06. The van der Waals surface area contributed by atoms with Crippen LogP contribution in [0.15, 0.2) is 24.7 Å². The first-order valence-electron chi connectivity index (χ1n) is 4.02. The molecule has 0 fully saturated rings.